The van der Waals surface area contributed by atoms with Crippen molar-refractivity contribution in [3.8, 4) is 5.75 Å². The van der Waals surface area contributed by atoms with Gasteiger partial charge in [-0.3, -0.25) is 0 Å². The van der Waals surface area contributed by atoms with E-state index < -0.39 is 5.97 Å². The van der Waals surface area contributed by atoms with Gasteiger partial charge in [0.25, 0.3) is 0 Å². The lowest BCUT2D eigenvalue weighted by molar-refractivity contribution is 0.0693. The van der Waals surface area contributed by atoms with E-state index >= 15 is 0 Å². The van der Waals surface area contributed by atoms with Crippen LogP contribution in [0.5, 0.6) is 5.75 Å². The molecule has 1 rings (SSSR count). The second kappa shape index (κ2) is 3.88. The van der Waals surface area contributed by atoms with Gasteiger partial charge in [-0.2, -0.15) is 0 Å². The molecular formula is C8H9NO4. The fourth-order valence-corrected chi connectivity index (χ4v) is 0.956. The molecule has 1 aromatic rings. The van der Waals surface area contributed by atoms with Gasteiger partial charge in [-0.15, -0.1) is 0 Å². The van der Waals surface area contributed by atoms with Crippen molar-refractivity contribution in [3.63, 3.8) is 0 Å². The van der Waals surface area contributed by atoms with Crippen molar-refractivity contribution in [1.29, 1.82) is 0 Å². The summed E-state index contributed by atoms with van der Waals surface area (Å²) < 4.78 is 0. The molecule has 0 fully saturated rings. The number of hydrogen-bond acceptors (Lipinski definition) is 4. The quantitative estimate of drug-likeness (QED) is 0.514. The molecule has 0 heterocycles. The van der Waals surface area contributed by atoms with Gasteiger partial charge in [-0.1, -0.05) is 6.07 Å². The fraction of sp³-hybridized carbons (Fsp3) is 0.125. The highest BCUT2D eigenvalue weighted by atomic mass is 16.5. The Bertz CT molecular complexity index is 324. The van der Waals surface area contributed by atoms with Gasteiger partial charge in [0.05, 0.1) is 0 Å². The molecule has 0 aliphatic heterocycles. The maximum atomic E-state index is 10.5. The minimum absolute atomic E-state index is 0.139. The zero-order valence-corrected chi connectivity index (χ0v) is 6.69. The van der Waals surface area contributed by atoms with E-state index in [9.17, 15) is 4.79 Å². The second-order valence-corrected chi connectivity index (χ2v) is 2.49. The summed E-state index contributed by atoms with van der Waals surface area (Å²) in [5.74, 6) is -1.48. The molecule has 0 aliphatic rings. The van der Waals surface area contributed by atoms with E-state index in [1.54, 1.807) is 0 Å². The van der Waals surface area contributed by atoms with Crippen LogP contribution >= 0.6 is 0 Å². The molecule has 0 amide bonds. The van der Waals surface area contributed by atoms with E-state index in [1.807, 2.05) is 5.48 Å². The van der Waals surface area contributed by atoms with Crippen LogP contribution in [-0.2, 0) is 6.54 Å². The first-order valence-corrected chi connectivity index (χ1v) is 3.57. The van der Waals surface area contributed by atoms with E-state index in [4.69, 9.17) is 15.4 Å². The van der Waals surface area contributed by atoms with Gasteiger partial charge >= 0.3 is 5.97 Å². The number of phenols is 1. The van der Waals surface area contributed by atoms with Crippen molar-refractivity contribution in [2.24, 2.45) is 0 Å². The summed E-state index contributed by atoms with van der Waals surface area (Å²) in [5.41, 5.74) is 2.30. The number of nitrogens with one attached hydrogen (secondary N) is 1. The lowest BCUT2D eigenvalue weighted by Gasteiger charge is -2.02. The van der Waals surface area contributed by atoms with Crippen LogP contribution in [-0.4, -0.2) is 21.4 Å². The predicted molar refractivity (Wildman–Crippen MR) is 43.7 cm³/mol. The summed E-state index contributed by atoms with van der Waals surface area (Å²) in [5, 5.41) is 26.1. The standard InChI is InChI=1S/C8H9NO4/c10-7-2-1-5(4-9-13)3-6(7)8(11)12/h1-3,9-10,13H,4H2,(H,11,12). The Hall–Kier alpha value is -1.59. The third-order valence-corrected chi connectivity index (χ3v) is 1.57. The van der Waals surface area contributed by atoms with Gasteiger partial charge in [-0.25, -0.2) is 10.3 Å². The SMILES string of the molecule is O=C(O)c1cc(CNO)ccc1O. The minimum Gasteiger partial charge on any atom is -0.507 e. The highest BCUT2D eigenvalue weighted by Crippen LogP contribution is 2.18. The number of hydroxylamine groups is 1. The van der Waals surface area contributed by atoms with Crippen molar-refractivity contribution in [3.05, 3.63) is 29.3 Å². The molecule has 5 heteroatoms. The van der Waals surface area contributed by atoms with Crippen LogP contribution in [0.2, 0.25) is 0 Å². The molecule has 0 radical (unpaired) electrons. The van der Waals surface area contributed by atoms with E-state index in [1.165, 1.54) is 18.2 Å². The first-order valence-electron chi connectivity index (χ1n) is 3.57. The van der Waals surface area contributed by atoms with E-state index in [2.05, 4.69) is 0 Å². The molecule has 0 unspecified atom stereocenters. The Morgan fingerprint density at radius 1 is 1.46 bits per heavy atom. The van der Waals surface area contributed by atoms with Gasteiger partial charge in [0.1, 0.15) is 11.3 Å². The molecule has 0 spiro atoms. The first kappa shape index (κ1) is 9.50. The Labute approximate surface area is 74.2 Å². The normalized spacial score (nSPS) is 9.92. The van der Waals surface area contributed by atoms with Crippen LogP contribution in [0.3, 0.4) is 0 Å². The number of carboxylic acid groups (broad SMARTS) is 1. The Kier molecular flexibility index (Phi) is 2.84. The maximum absolute atomic E-state index is 10.5. The van der Waals surface area contributed by atoms with Gasteiger partial charge in [0.2, 0.25) is 0 Å². The fourth-order valence-electron chi connectivity index (χ4n) is 0.956. The average molecular weight is 183 g/mol. The zero-order valence-electron chi connectivity index (χ0n) is 6.69. The molecular weight excluding hydrogens is 174 g/mol. The lowest BCUT2D eigenvalue weighted by Crippen LogP contribution is -2.07. The summed E-state index contributed by atoms with van der Waals surface area (Å²) in [6.45, 7) is 0.139. The molecule has 0 saturated carbocycles. The highest BCUT2D eigenvalue weighted by Gasteiger charge is 2.09. The molecule has 0 bridgehead atoms. The molecule has 0 atom stereocenters. The number of rotatable bonds is 3. The van der Waals surface area contributed by atoms with Crippen molar-refractivity contribution in [2.45, 2.75) is 6.54 Å². The number of aromatic hydroxyl groups is 1. The topological polar surface area (TPSA) is 89.8 Å². The minimum atomic E-state index is -1.20. The van der Waals surface area contributed by atoms with Crippen molar-refractivity contribution < 1.29 is 20.2 Å². The third kappa shape index (κ3) is 2.17. The van der Waals surface area contributed by atoms with Crippen LogP contribution in [0, 0.1) is 0 Å². The number of hydrogen-bond donors (Lipinski definition) is 4. The monoisotopic (exact) mass is 183 g/mol. The summed E-state index contributed by atoms with van der Waals surface area (Å²) in [6.07, 6.45) is 0. The first-order chi connectivity index (χ1) is 6.15. The second-order valence-electron chi connectivity index (χ2n) is 2.49. The number of carboxylic acids is 1. The Morgan fingerprint density at radius 3 is 2.69 bits per heavy atom. The Balaban J connectivity index is 3.04. The molecule has 13 heavy (non-hydrogen) atoms. The van der Waals surface area contributed by atoms with Crippen molar-refractivity contribution in [1.82, 2.24) is 5.48 Å². The number of aromatic carboxylic acids is 1. The molecule has 0 saturated heterocycles. The Morgan fingerprint density at radius 2 is 2.15 bits per heavy atom. The summed E-state index contributed by atoms with van der Waals surface area (Å²) >= 11 is 0. The van der Waals surface area contributed by atoms with Gasteiger partial charge in [-0.05, 0) is 17.7 Å². The van der Waals surface area contributed by atoms with Crippen LogP contribution < -0.4 is 5.48 Å². The van der Waals surface area contributed by atoms with Gasteiger partial charge in [0, 0.05) is 6.54 Å². The number of benzene rings is 1. The molecule has 0 aliphatic carbocycles. The number of carbonyl (C=O) groups is 1. The van der Waals surface area contributed by atoms with Crippen LogP contribution in [0.25, 0.3) is 0 Å². The van der Waals surface area contributed by atoms with Crippen LogP contribution in [0.15, 0.2) is 18.2 Å². The lowest BCUT2D eigenvalue weighted by atomic mass is 10.1. The average Bonchev–Trinajstić information content (AvgIpc) is 2.08. The summed E-state index contributed by atoms with van der Waals surface area (Å²) in [6, 6.07) is 4.09. The molecule has 0 aromatic heterocycles. The molecule has 5 nitrogen and oxygen atoms in total. The maximum Gasteiger partial charge on any atom is 0.339 e. The largest absolute Gasteiger partial charge is 0.507 e. The third-order valence-electron chi connectivity index (χ3n) is 1.57. The zero-order chi connectivity index (χ0) is 9.84. The highest BCUT2D eigenvalue weighted by molar-refractivity contribution is 5.90. The van der Waals surface area contributed by atoms with Gasteiger partial charge in [0.15, 0.2) is 0 Å². The smallest absolute Gasteiger partial charge is 0.339 e. The predicted octanol–water partition coefficient (Wildman–Crippen LogP) is 0.569. The molecule has 1 aromatic carbocycles. The van der Waals surface area contributed by atoms with Crippen molar-refractivity contribution in [2.75, 3.05) is 0 Å². The molecule has 70 valence electrons. The van der Waals surface area contributed by atoms with Crippen molar-refractivity contribution >= 4 is 5.97 Å². The van der Waals surface area contributed by atoms with Crippen LogP contribution in [0.4, 0.5) is 0 Å². The van der Waals surface area contributed by atoms with Crippen LogP contribution in [0.1, 0.15) is 15.9 Å². The van der Waals surface area contributed by atoms with E-state index in [0.717, 1.165) is 0 Å². The van der Waals surface area contributed by atoms with E-state index in [0.29, 0.717) is 5.56 Å². The molecule has 4 N–H and O–H groups in total. The summed E-state index contributed by atoms with van der Waals surface area (Å²) in [7, 11) is 0. The summed E-state index contributed by atoms with van der Waals surface area (Å²) in [4.78, 5) is 10.5. The van der Waals surface area contributed by atoms with Gasteiger partial charge < -0.3 is 15.4 Å². The van der Waals surface area contributed by atoms with E-state index in [-0.39, 0.29) is 17.9 Å².